The molecular formula is C15H20FN5. The molecule has 0 spiro atoms. The maximum atomic E-state index is 13.6. The lowest BCUT2D eigenvalue weighted by molar-refractivity contribution is 0.376. The number of piperidine rings is 1. The number of rotatable bonds is 2. The summed E-state index contributed by atoms with van der Waals surface area (Å²) < 4.78 is 13.6. The van der Waals surface area contributed by atoms with E-state index in [0.29, 0.717) is 28.8 Å². The molecule has 3 N–H and O–H groups in total. The fourth-order valence-electron chi connectivity index (χ4n) is 2.54. The number of aromatic amines is 1. The van der Waals surface area contributed by atoms with E-state index in [4.69, 9.17) is 5.73 Å². The van der Waals surface area contributed by atoms with Crippen LogP contribution in [-0.2, 0) is 0 Å². The minimum atomic E-state index is -0.237. The smallest absolute Gasteiger partial charge is 0.245 e. The first-order valence-corrected chi connectivity index (χ1v) is 7.24. The maximum absolute atomic E-state index is 13.6. The minimum absolute atomic E-state index is 0.137. The van der Waals surface area contributed by atoms with Crippen LogP contribution in [0.15, 0.2) is 18.2 Å². The van der Waals surface area contributed by atoms with E-state index < -0.39 is 0 Å². The molecule has 0 amide bonds. The largest absolute Gasteiger partial charge is 0.338 e. The van der Waals surface area contributed by atoms with Gasteiger partial charge in [-0.3, -0.25) is 5.10 Å². The van der Waals surface area contributed by atoms with Crippen molar-refractivity contribution in [3.05, 3.63) is 29.6 Å². The third-order valence-electron chi connectivity index (χ3n) is 4.22. The van der Waals surface area contributed by atoms with E-state index in [0.717, 1.165) is 19.5 Å². The predicted molar refractivity (Wildman–Crippen MR) is 80.5 cm³/mol. The molecule has 1 aromatic heterocycles. The minimum Gasteiger partial charge on any atom is -0.338 e. The SMILES string of the molecule is Cc1ccc(-c2nc(N3CCC(C)C(N)C3)n[nH]2)cc1F. The number of nitrogens with zero attached hydrogens (tertiary/aromatic N) is 3. The Morgan fingerprint density at radius 1 is 1.43 bits per heavy atom. The molecular weight excluding hydrogens is 269 g/mol. The van der Waals surface area contributed by atoms with Crippen LogP contribution in [-0.4, -0.2) is 34.3 Å². The zero-order chi connectivity index (χ0) is 15.0. The van der Waals surface area contributed by atoms with Crippen molar-refractivity contribution in [1.82, 2.24) is 15.2 Å². The second-order valence-electron chi connectivity index (χ2n) is 5.82. The summed E-state index contributed by atoms with van der Waals surface area (Å²) in [5, 5.41) is 7.12. The van der Waals surface area contributed by atoms with Crippen molar-refractivity contribution < 1.29 is 4.39 Å². The number of halogens is 1. The summed E-state index contributed by atoms with van der Waals surface area (Å²) in [7, 11) is 0. The van der Waals surface area contributed by atoms with Gasteiger partial charge in [-0.2, -0.15) is 4.98 Å². The van der Waals surface area contributed by atoms with Gasteiger partial charge < -0.3 is 10.6 Å². The van der Waals surface area contributed by atoms with Gasteiger partial charge in [-0.05, 0) is 30.9 Å². The van der Waals surface area contributed by atoms with Gasteiger partial charge in [0.25, 0.3) is 0 Å². The molecule has 0 saturated carbocycles. The molecule has 112 valence electrons. The lowest BCUT2D eigenvalue weighted by Gasteiger charge is -2.34. The number of nitrogens with two attached hydrogens (primary N) is 1. The molecule has 5 nitrogen and oxygen atoms in total. The average Bonchev–Trinajstić information content (AvgIpc) is 2.94. The Morgan fingerprint density at radius 2 is 2.24 bits per heavy atom. The molecule has 0 aliphatic carbocycles. The molecule has 2 unspecified atom stereocenters. The molecule has 2 atom stereocenters. The zero-order valence-corrected chi connectivity index (χ0v) is 12.3. The molecule has 2 aromatic rings. The molecule has 1 saturated heterocycles. The maximum Gasteiger partial charge on any atom is 0.245 e. The Kier molecular flexibility index (Phi) is 3.63. The molecule has 1 aliphatic heterocycles. The number of anilines is 1. The van der Waals surface area contributed by atoms with Crippen LogP contribution in [0.4, 0.5) is 10.3 Å². The highest BCUT2D eigenvalue weighted by Crippen LogP contribution is 2.23. The Labute approximate surface area is 123 Å². The Morgan fingerprint density at radius 3 is 2.95 bits per heavy atom. The molecule has 2 heterocycles. The first-order valence-electron chi connectivity index (χ1n) is 7.24. The fraction of sp³-hybridized carbons (Fsp3) is 0.467. The molecule has 0 radical (unpaired) electrons. The van der Waals surface area contributed by atoms with Gasteiger partial charge >= 0.3 is 0 Å². The molecule has 1 fully saturated rings. The van der Waals surface area contributed by atoms with Gasteiger partial charge in [0.1, 0.15) is 5.82 Å². The molecule has 3 rings (SSSR count). The van der Waals surface area contributed by atoms with Crippen molar-refractivity contribution in [2.75, 3.05) is 18.0 Å². The van der Waals surface area contributed by atoms with Crippen LogP contribution in [0.5, 0.6) is 0 Å². The predicted octanol–water partition coefficient (Wildman–Crippen LogP) is 2.09. The molecule has 21 heavy (non-hydrogen) atoms. The number of hydrogen-bond donors (Lipinski definition) is 2. The van der Waals surface area contributed by atoms with Crippen LogP contribution in [0.1, 0.15) is 18.9 Å². The highest BCUT2D eigenvalue weighted by molar-refractivity contribution is 5.57. The van der Waals surface area contributed by atoms with Crippen molar-refractivity contribution in [2.24, 2.45) is 11.7 Å². The molecule has 1 aromatic carbocycles. The highest BCUT2D eigenvalue weighted by atomic mass is 19.1. The molecule has 0 bridgehead atoms. The van der Waals surface area contributed by atoms with Crippen molar-refractivity contribution in [2.45, 2.75) is 26.3 Å². The number of aromatic nitrogens is 3. The number of nitrogens with one attached hydrogen (secondary N) is 1. The van der Waals surface area contributed by atoms with Gasteiger partial charge in [-0.1, -0.05) is 19.1 Å². The standard InChI is InChI=1S/C15H20FN5/c1-9-3-4-11(7-12(9)16)14-18-15(20-19-14)21-6-5-10(2)13(17)8-21/h3-4,7,10,13H,5-6,8,17H2,1-2H3,(H,18,19,20). The molecule has 6 heteroatoms. The summed E-state index contributed by atoms with van der Waals surface area (Å²) in [6.45, 7) is 5.55. The normalized spacial score (nSPS) is 22.6. The number of H-pyrrole nitrogens is 1. The number of hydrogen-bond acceptors (Lipinski definition) is 4. The van der Waals surface area contributed by atoms with Crippen LogP contribution >= 0.6 is 0 Å². The summed E-state index contributed by atoms with van der Waals surface area (Å²) in [6, 6.07) is 5.19. The van der Waals surface area contributed by atoms with Gasteiger partial charge in [0.2, 0.25) is 5.95 Å². The number of benzene rings is 1. The van der Waals surface area contributed by atoms with Crippen LogP contribution in [0.2, 0.25) is 0 Å². The van der Waals surface area contributed by atoms with Crippen molar-refractivity contribution in [3.8, 4) is 11.4 Å². The van der Waals surface area contributed by atoms with E-state index in [1.165, 1.54) is 6.07 Å². The lowest BCUT2D eigenvalue weighted by Crippen LogP contribution is -2.48. The van der Waals surface area contributed by atoms with E-state index in [2.05, 4.69) is 27.0 Å². The van der Waals surface area contributed by atoms with E-state index in [1.807, 2.05) is 6.07 Å². The lowest BCUT2D eigenvalue weighted by atomic mass is 9.95. The van der Waals surface area contributed by atoms with Crippen molar-refractivity contribution in [3.63, 3.8) is 0 Å². The Balaban J connectivity index is 1.81. The van der Waals surface area contributed by atoms with Crippen LogP contribution in [0.3, 0.4) is 0 Å². The van der Waals surface area contributed by atoms with Crippen LogP contribution in [0, 0.1) is 18.7 Å². The van der Waals surface area contributed by atoms with Crippen molar-refractivity contribution >= 4 is 5.95 Å². The second-order valence-corrected chi connectivity index (χ2v) is 5.82. The topological polar surface area (TPSA) is 70.8 Å². The van der Waals surface area contributed by atoms with Crippen molar-refractivity contribution in [1.29, 1.82) is 0 Å². The van der Waals surface area contributed by atoms with Crippen LogP contribution < -0.4 is 10.6 Å². The van der Waals surface area contributed by atoms with Gasteiger partial charge in [-0.15, -0.1) is 5.10 Å². The Hall–Kier alpha value is -1.95. The van der Waals surface area contributed by atoms with E-state index in [-0.39, 0.29) is 11.9 Å². The molecule has 1 aliphatic rings. The average molecular weight is 289 g/mol. The highest BCUT2D eigenvalue weighted by Gasteiger charge is 2.25. The summed E-state index contributed by atoms with van der Waals surface area (Å²) in [5.74, 6) is 1.49. The Bertz CT molecular complexity index is 639. The van der Waals surface area contributed by atoms with Gasteiger partial charge in [0, 0.05) is 24.7 Å². The first-order chi connectivity index (χ1) is 10.0. The van der Waals surface area contributed by atoms with Crippen LogP contribution in [0.25, 0.3) is 11.4 Å². The fourth-order valence-corrected chi connectivity index (χ4v) is 2.54. The van der Waals surface area contributed by atoms with Gasteiger partial charge in [-0.25, -0.2) is 4.39 Å². The third-order valence-corrected chi connectivity index (χ3v) is 4.22. The first kappa shape index (κ1) is 14.0. The second kappa shape index (κ2) is 5.44. The number of aryl methyl sites for hydroxylation is 1. The monoisotopic (exact) mass is 289 g/mol. The summed E-state index contributed by atoms with van der Waals surface area (Å²) in [4.78, 5) is 6.55. The van der Waals surface area contributed by atoms with E-state index in [1.54, 1.807) is 13.0 Å². The van der Waals surface area contributed by atoms with Gasteiger partial charge in [0.05, 0.1) is 0 Å². The van der Waals surface area contributed by atoms with Gasteiger partial charge in [0.15, 0.2) is 5.82 Å². The quantitative estimate of drug-likeness (QED) is 0.888. The van der Waals surface area contributed by atoms with E-state index >= 15 is 0 Å². The summed E-state index contributed by atoms with van der Waals surface area (Å²) >= 11 is 0. The van der Waals surface area contributed by atoms with E-state index in [9.17, 15) is 4.39 Å². The summed E-state index contributed by atoms with van der Waals surface area (Å²) in [6.07, 6.45) is 1.03. The third kappa shape index (κ3) is 2.76. The zero-order valence-electron chi connectivity index (χ0n) is 12.3. The summed E-state index contributed by atoms with van der Waals surface area (Å²) in [5.41, 5.74) is 7.42.